The van der Waals surface area contributed by atoms with Gasteiger partial charge in [0, 0.05) is 49.6 Å². The Labute approximate surface area is 162 Å². The predicted molar refractivity (Wildman–Crippen MR) is 102 cm³/mol. The molecule has 2 aromatic heterocycles. The number of carbonyl (C=O) groups excluding carboxylic acids is 1. The van der Waals surface area contributed by atoms with Crippen LogP contribution in [-0.4, -0.2) is 53.7 Å². The van der Waals surface area contributed by atoms with Gasteiger partial charge in [0.15, 0.2) is 5.82 Å². The van der Waals surface area contributed by atoms with E-state index in [1.807, 2.05) is 40.8 Å². The minimum atomic E-state index is -0.120. The first kappa shape index (κ1) is 18.2. The van der Waals surface area contributed by atoms with E-state index in [2.05, 4.69) is 20.2 Å². The summed E-state index contributed by atoms with van der Waals surface area (Å²) in [6.45, 7) is 1.23. The maximum Gasteiger partial charge on any atom is 0.253 e. The second-order valence-electron chi connectivity index (χ2n) is 6.93. The van der Waals surface area contributed by atoms with Crippen LogP contribution in [0.3, 0.4) is 0 Å². The monoisotopic (exact) mass is 378 g/mol. The third-order valence-corrected chi connectivity index (χ3v) is 5.28. The lowest BCUT2D eigenvalue weighted by Gasteiger charge is -2.31. The molecule has 3 heterocycles. The molecule has 1 aliphatic rings. The standard InChI is InChI=1S/C20H22N6O2/c1-25-18(13-27)23-24-19(25)15-6-10-26(11-7-15)20(28)16-4-2-14(3-5-16)17-12-21-8-9-22-17/h2-5,8-9,12,15,27H,6-7,10-11,13H2,1H3. The first-order valence-corrected chi connectivity index (χ1v) is 9.32. The van der Waals surface area contributed by atoms with Gasteiger partial charge in [-0.1, -0.05) is 12.1 Å². The molecule has 8 nitrogen and oxygen atoms in total. The fourth-order valence-corrected chi connectivity index (χ4v) is 3.62. The smallest absolute Gasteiger partial charge is 0.253 e. The quantitative estimate of drug-likeness (QED) is 0.743. The van der Waals surface area contributed by atoms with Crippen LogP contribution in [0.4, 0.5) is 0 Å². The largest absolute Gasteiger partial charge is 0.388 e. The van der Waals surface area contributed by atoms with Crippen LogP contribution in [0.1, 0.15) is 40.8 Å². The molecule has 4 rings (SSSR count). The lowest BCUT2D eigenvalue weighted by atomic mass is 9.95. The van der Waals surface area contributed by atoms with Crippen molar-refractivity contribution in [1.29, 1.82) is 0 Å². The topological polar surface area (TPSA) is 97.0 Å². The minimum Gasteiger partial charge on any atom is -0.388 e. The van der Waals surface area contributed by atoms with Crippen molar-refractivity contribution in [3.63, 3.8) is 0 Å². The van der Waals surface area contributed by atoms with Crippen LogP contribution in [0.25, 0.3) is 11.3 Å². The van der Waals surface area contributed by atoms with E-state index in [0.717, 1.165) is 29.9 Å². The fraction of sp³-hybridized carbons (Fsp3) is 0.350. The average molecular weight is 378 g/mol. The van der Waals surface area contributed by atoms with Crippen LogP contribution in [0.5, 0.6) is 0 Å². The molecule has 0 bridgehead atoms. The first-order chi connectivity index (χ1) is 13.7. The summed E-state index contributed by atoms with van der Waals surface area (Å²) in [5.74, 6) is 1.74. The number of hydrogen-bond donors (Lipinski definition) is 1. The van der Waals surface area contributed by atoms with Gasteiger partial charge in [-0.25, -0.2) is 0 Å². The summed E-state index contributed by atoms with van der Waals surface area (Å²) in [5, 5.41) is 17.5. The van der Waals surface area contributed by atoms with Crippen LogP contribution < -0.4 is 0 Å². The van der Waals surface area contributed by atoms with Gasteiger partial charge >= 0.3 is 0 Å². The van der Waals surface area contributed by atoms with Crippen molar-refractivity contribution >= 4 is 5.91 Å². The number of piperidine rings is 1. The van der Waals surface area contributed by atoms with Crippen LogP contribution in [0.15, 0.2) is 42.9 Å². The minimum absolute atomic E-state index is 0.0400. The number of benzene rings is 1. The summed E-state index contributed by atoms with van der Waals surface area (Å²) >= 11 is 0. The van der Waals surface area contributed by atoms with E-state index in [1.54, 1.807) is 18.6 Å². The number of rotatable bonds is 4. The van der Waals surface area contributed by atoms with Crippen molar-refractivity contribution in [3.8, 4) is 11.3 Å². The highest BCUT2D eigenvalue weighted by Gasteiger charge is 2.27. The molecule has 8 heteroatoms. The number of carbonyl (C=O) groups is 1. The molecular formula is C20H22N6O2. The van der Waals surface area contributed by atoms with E-state index in [0.29, 0.717) is 24.5 Å². The molecule has 1 aliphatic heterocycles. The summed E-state index contributed by atoms with van der Waals surface area (Å²) in [5.41, 5.74) is 2.39. The number of likely N-dealkylation sites (tertiary alicyclic amines) is 1. The van der Waals surface area contributed by atoms with Crippen molar-refractivity contribution in [3.05, 3.63) is 60.1 Å². The first-order valence-electron chi connectivity index (χ1n) is 9.32. The van der Waals surface area contributed by atoms with Crippen molar-refractivity contribution in [2.24, 2.45) is 7.05 Å². The van der Waals surface area contributed by atoms with Crippen LogP contribution in [0.2, 0.25) is 0 Å². The zero-order valence-electron chi connectivity index (χ0n) is 15.7. The molecule has 144 valence electrons. The molecular weight excluding hydrogens is 356 g/mol. The molecule has 1 fully saturated rings. The van der Waals surface area contributed by atoms with Gasteiger partial charge in [-0.3, -0.25) is 14.8 Å². The Bertz CT molecular complexity index is 947. The Morgan fingerprint density at radius 2 is 1.89 bits per heavy atom. The van der Waals surface area contributed by atoms with Gasteiger partial charge < -0.3 is 14.6 Å². The average Bonchev–Trinajstić information content (AvgIpc) is 3.14. The number of hydrogen-bond acceptors (Lipinski definition) is 6. The van der Waals surface area contributed by atoms with E-state index in [-0.39, 0.29) is 18.4 Å². The third kappa shape index (κ3) is 3.50. The predicted octanol–water partition coefficient (Wildman–Crippen LogP) is 1.78. The molecule has 0 aliphatic carbocycles. The van der Waals surface area contributed by atoms with Crippen molar-refractivity contribution < 1.29 is 9.90 Å². The summed E-state index contributed by atoms with van der Waals surface area (Å²) in [6, 6.07) is 7.49. The second-order valence-corrected chi connectivity index (χ2v) is 6.93. The summed E-state index contributed by atoms with van der Waals surface area (Å²) in [7, 11) is 1.87. The number of aliphatic hydroxyl groups is 1. The Hall–Kier alpha value is -3.13. The molecule has 3 aromatic rings. The highest BCUT2D eigenvalue weighted by atomic mass is 16.3. The summed E-state index contributed by atoms with van der Waals surface area (Å²) < 4.78 is 1.85. The van der Waals surface area contributed by atoms with E-state index >= 15 is 0 Å². The van der Waals surface area contributed by atoms with Crippen LogP contribution in [0, 0.1) is 0 Å². The maximum absolute atomic E-state index is 12.8. The highest BCUT2D eigenvalue weighted by molar-refractivity contribution is 5.94. The summed E-state index contributed by atoms with van der Waals surface area (Å²) in [6.07, 6.45) is 6.66. The Kier molecular flexibility index (Phi) is 5.12. The molecule has 0 spiro atoms. The Balaban J connectivity index is 1.40. The maximum atomic E-state index is 12.8. The third-order valence-electron chi connectivity index (χ3n) is 5.28. The van der Waals surface area contributed by atoms with Gasteiger partial charge in [0.25, 0.3) is 5.91 Å². The molecule has 0 unspecified atom stereocenters. The normalized spacial score (nSPS) is 15.0. The van der Waals surface area contributed by atoms with Gasteiger partial charge in [-0.15, -0.1) is 10.2 Å². The lowest BCUT2D eigenvalue weighted by Crippen LogP contribution is -2.38. The van der Waals surface area contributed by atoms with Crippen molar-refractivity contribution in [1.82, 2.24) is 29.6 Å². The number of nitrogens with zero attached hydrogens (tertiary/aromatic N) is 6. The Morgan fingerprint density at radius 3 is 2.50 bits per heavy atom. The molecule has 28 heavy (non-hydrogen) atoms. The van der Waals surface area contributed by atoms with Gasteiger partial charge in [0.1, 0.15) is 12.4 Å². The van der Waals surface area contributed by atoms with Crippen LogP contribution >= 0.6 is 0 Å². The lowest BCUT2D eigenvalue weighted by molar-refractivity contribution is 0.0710. The fourth-order valence-electron chi connectivity index (χ4n) is 3.62. The zero-order chi connectivity index (χ0) is 19.5. The molecule has 1 saturated heterocycles. The van der Waals surface area contributed by atoms with Gasteiger partial charge in [0.05, 0.1) is 11.9 Å². The van der Waals surface area contributed by atoms with Gasteiger partial charge in [-0.2, -0.15) is 0 Å². The molecule has 0 radical (unpaired) electrons. The Morgan fingerprint density at radius 1 is 1.14 bits per heavy atom. The number of aliphatic hydroxyl groups excluding tert-OH is 1. The van der Waals surface area contributed by atoms with Crippen LogP contribution in [-0.2, 0) is 13.7 Å². The van der Waals surface area contributed by atoms with Gasteiger partial charge in [0.2, 0.25) is 0 Å². The molecule has 0 atom stereocenters. The van der Waals surface area contributed by atoms with Gasteiger partial charge in [-0.05, 0) is 25.0 Å². The zero-order valence-corrected chi connectivity index (χ0v) is 15.7. The van der Waals surface area contributed by atoms with E-state index in [9.17, 15) is 9.90 Å². The SMILES string of the molecule is Cn1c(CO)nnc1C1CCN(C(=O)c2ccc(-c3cnccn3)cc2)CC1. The molecule has 1 aromatic carbocycles. The molecule has 1 amide bonds. The molecule has 0 saturated carbocycles. The number of amides is 1. The summed E-state index contributed by atoms with van der Waals surface area (Å²) in [4.78, 5) is 23.1. The van der Waals surface area contributed by atoms with E-state index in [1.165, 1.54) is 0 Å². The highest BCUT2D eigenvalue weighted by Crippen LogP contribution is 2.28. The van der Waals surface area contributed by atoms with E-state index < -0.39 is 0 Å². The van der Waals surface area contributed by atoms with Crippen molar-refractivity contribution in [2.45, 2.75) is 25.4 Å². The second kappa shape index (κ2) is 7.85. The molecule has 1 N–H and O–H groups in total. The number of aromatic nitrogens is 5. The van der Waals surface area contributed by atoms with Crippen molar-refractivity contribution in [2.75, 3.05) is 13.1 Å². The van der Waals surface area contributed by atoms with E-state index in [4.69, 9.17) is 0 Å².